The summed E-state index contributed by atoms with van der Waals surface area (Å²) in [5.74, 6) is 0.841. The molecular formula is C23H23NO3. The third-order valence-corrected chi connectivity index (χ3v) is 5.03. The van der Waals surface area contributed by atoms with Crippen molar-refractivity contribution in [3.63, 3.8) is 0 Å². The van der Waals surface area contributed by atoms with Crippen molar-refractivity contribution in [1.82, 2.24) is 4.98 Å². The number of nitrogens with one attached hydrogen (secondary N) is 1. The van der Waals surface area contributed by atoms with Gasteiger partial charge in [-0.2, -0.15) is 0 Å². The number of allylic oxidation sites excluding steroid dienone is 2. The molecule has 1 aliphatic rings. The summed E-state index contributed by atoms with van der Waals surface area (Å²) in [6.45, 7) is 8.07. The van der Waals surface area contributed by atoms with Gasteiger partial charge in [-0.1, -0.05) is 29.9 Å². The molecule has 27 heavy (non-hydrogen) atoms. The molecule has 2 heterocycles. The van der Waals surface area contributed by atoms with Crippen molar-refractivity contribution in [2.75, 3.05) is 0 Å². The Kier molecular flexibility index (Phi) is 3.88. The minimum atomic E-state index is -0.389. The van der Waals surface area contributed by atoms with Crippen LogP contribution in [0.5, 0.6) is 11.5 Å². The number of phenols is 1. The molecule has 0 radical (unpaired) electrons. The van der Waals surface area contributed by atoms with E-state index in [1.165, 1.54) is 0 Å². The van der Waals surface area contributed by atoms with Crippen molar-refractivity contribution >= 4 is 34.2 Å². The molecule has 0 atom stereocenters. The second kappa shape index (κ2) is 6.02. The first kappa shape index (κ1) is 17.4. The first-order chi connectivity index (χ1) is 12.8. The Morgan fingerprint density at radius 2 is 2.00 bits per heavy atom. The molecule has 0 spiro atoms. The normalized spacial score (nSPS) is 14.8. The number of H-pyrrole nitrogens is 1. The predicted octanol–water partition coefficient (Wildman–Crippen LogP) is 5.53. The van der Waals surface area contributed by atoms with Crippen LogP contribution >= 0.6 is 0 Å². The zero-order valence-corrected chi connectivity index (χ0v) is 16.0. The fraction of sp³-hybridized carbons (Fsp3) is 0.261. The van der Waals surface area contributed by atoms with Gasteiger partial charge in [0.1, 0.15) is 11.4 Å². The van der Waals surface area contributed by atoms with Crippen molar-refractivity contribution in [3.05, 3.63) is 52.6 Å². The second-order valence-electron chi connectivity index (χ2n) is 7.89. The molecule has 3 aromatic rings. The lowest BCUT2D eigenvalue weighted by atomic mass is 9.98. The van der Waals surface area contributed by atoms with Crippen LogP contribution in [0.15, 0.2) is 35.9 Å². The van der Waals surface area contributed by atoms with Gasteiger partial charge < -0.3 is 14.8 Å². The maximum Gasteiger partial charge on any atom is 0.153 e. The Morgan fingerprint density at radius 1 is 1.22 bits per heavy atom. The Balaban J connectivity index is 2.07. The number of phenolic OH excluding ortho intramolecular Hbond substituents is 1. The first-order valence-electron chi connectivity index (χ1n) is 9.11. The summed E-state index contributed by atoms with van der Waals surface area (Å²) in [5, 5.41) is 12.5. The maximum atomic E-state index is 11.5. The molecular weight excluding hydrogens is 338 g/mol. The summed E-state index contributed by atoms with van der Waals surface area (Å²) >= 11 is 0. The number of aldehydes is 1. The van der Waals surface area contributed by atoms with Crippen molar-refractivity contribution in [1.29, 1.82) is 0 Å². The van der Waals surface area contributed by atoms with Crippen LogP contribution in [0.1, 0.15) is 49.2 Å². The number of aromatic amines is 1. The fourth-order valence-electron chi connectivity index (χ4n) is 3.60. The SMILES string of the molecule is CC(C)=CCc1c(O)c(C=O)cc2c1[nH]c1c3c(ccc12)C=CC(C)(C)O3. The smallest absolute Gasteiger partial charge is 0.153 e. The van der Waals surface area contributed by atoms with Gasteiger partial charge >= 0.3 is 0 Å². The van der Waals surface area contributed by atoms with E-state index in [0.29, 0.717) is 18.3 Å². The van der Waals surface area contributed by atoms with Crippen LogP contribution in [-0.2, 0) is 6.42 Å². The molecule has 4 heteroatoms. The summed E-state index contributed by atoms with van der Waals surface area (Å²) in [4.78, 5) is 15.0. The third kappa shape index (κ3) is 2.81. The molecule has 4 rings (SSSR count). The standard InChI is InChI=1S/C23H23NO3/c1-13(2)5-7-17-19-18(11-15(12-25)21(17)26)16-8-6-14-9-10-23(3,4)27-22(14)20(16)24-19/h5-6,8-12,24,26H,7H2,1-4H3. The highest BCUT2D eigenvalue weighted by molar-refractivity contribution is 6.13. The predicted molar refractivity (Wildman–Crippen MR) is 110 cm³/mol. The number of hydrogen-bond donors (Lipinski definition) is 2. The average Bonchev–Trinajstić information content (AvgIpc) is 2.98. The lowest BCUT2D eigenvalue weighted by molar-refractivity contribution is 0.112. The van der Waals surface area contributed by atoms with E-state index in [9.17, 15) is 9.90 Å². The van der Waals surface area contributed by atoms with Crippen molar-refractivity contribution in [2.45, 2.75) is 39.7 Å². The van der Waals surface area contributed by atoms with Gasteiger partial charge in [-0.25, -0.2) is 0 Å². The number of ether oxygens (including phenoxy) is 1. The number of aromatic hydroxyl groups is 1. The van der Waals surface area contributed by atoms with Gasteiger partial charge in [0.2, 0.25) is 0 Å². The second-order valence-corrected chi connectivity index (χ2v) is 7.89. The number of carbonyl (C=O) groups excluding carboxylic acids is 1. The summed E-state index contributed by atoms with van der Waals surface area (Å²) in [6.07, 6.45) is 7.42. The molecule has 0 amide bonds. The lowest BCUT2D eigenvalue weighted by Gasteiger charge is -2.28. The monoisotopic (exact) mass is 361 g/mol. The van der Waals surface area contributed by atoms with E-state index in [1.54, 1.807) is 6.07 Å². The van der Waals surface area contributed by atoms with E-state index in [4.69, 9.17) is 4.74 Å². The largest absolute Gasteiger partial charge is 0.507 e. The molecule has 0 fully saturated rings. The van der Waals surface area contributed by atoms with Gasteiger partial charge in [0, 0.05) is 21.9 Å². The molecule has 1 aromatic heterocycles. The van der Waals surface area contributed by atoms with Crippen LogP contribution < -0.4 is 4.74 Å². The van der Waals surface area contributed by atoms with E-state index < -0.39 is 0 Å². The number of benzene rings is 2. The van der Waals surface area contributed by atoms with Gasteiger partial charge in [-0.15, -0.1) is 0 Å². The fourth-order valence-corrected chi connectivity index (χ4v) is 3.60. The Labute approximate surface area is 158 Å². The number of fused-ring (bicyclic) bond motifs is 5. The third-order valence-electron chi connectivity index (χ3n) is 5.03. The molecule has 0 bridgehead atoms. The van der Waals surface area contributed by atoms with Gasteiger partial charge in [-0.3, -0.25) is 4.79 Å². The number of aromatic nitrogens is 1. The minimum Gasteiger partial charge on any atom is -0.507 e. The number of carbonyl (C=O) groups is 1. The summed E-state index contributed by atoms with van der Waals surface area (Å²) in [7, 11) is 0. The molecule has 4 nitrogen and oxygen atoms in total. The Morgan fingerprint density at radius 3 is 2.70 bits per heavy atom. The van der Waals surface area contributed by atoms with Crippen LogP contribution in [0.4, 0.5) is 0 Å². The Bertz CT molecular complexity index is 1140. The highest BCUT2D eigenvalue weighted by atomic mass is 16.5. The van der Waals surface area contributed by atoms with Crippen LogP contribution in [0.2, 0.25) is 0 Å². The van der Waals surface area contributed by atoms with Gasteiger partial charge in [0.05, 0.1) is 16.6 Å². The highest BCUT2D eigenvalue weighted by Gasteiger charge is 2.25. The van der Waals surface area contributed by atoms with E-state index in [2.05, 4.69) is 11.1 Å². The van der Waals surface area contributed by atoms with E-state index >= 15 is 0 Å². The van der Waals surface area contributed by atoms with E-state index in [0.717, 1.165) is 44.3 Å². The van der Waals surface area contributed by atoms with Crippen LogP contribution in [0.3, 0.4) is 0 Å². The number of hydrogen-bond acceptors (Lipinski definition) is 3. The zero-order valence-electron chi connectivity index (χ0n) is 16.0. The van der Waals surface area contributed by atoms with Gasteiger partial charge in [-0.05, 0) is 46.3 Å². The van der Waals surface area contributed by atoms with Crippen LogP contribution in [0, 0.1) is 0 Å². The maximum absolute atomic E-state index is 11.5. The summed E-state index contributed by atoms with van der Waals surface area (Å²) < 4.78 is 6.22. The molecule has 138 valence electrons. The molecule has 0 saturated heterocycles. The Hall–Kier alpha value is -3.01. The quantitative estimate of drug-likeness (QED) is 0.476. The summed E-state index contributed by atoms with van der Waals surface area (Å²) in [5.41, 5.74) is 4.54. The topological polar surface area (TPSA) is 62.3 Å². The van der Waals surface area contributed by atoms with Crippen LogP contribution in [-0.4, -0.2) is 22.0 Å². The first-order valence-corrected chi connectivity index (χ1v) is 9.11. The van der Waals surface area contributed by atoms with Crippen molar-refractivity contribution < 1.29 is 14.6 Å². The molecule has 0 saturated carbocycles. The molecule has 2 aromatic carbocycles. The van der Waals surface area contributed by atoms with Crippen LogP contribution in [0.25, 0.3) is 27.9 Å². The molecule has 2 N–H and O–H groups in total. The van der Waals surface area contributed by atoms with Crippen molar-refractivity contribution in [3.8, 4) is 11.5 Å². The van der Waals surface area contributed by atoms with Gasteiger partial charge in [0.25, 0.3) is 0 Å². The molecule has 0 aliphatic carbocycles. The average molecular weight is 361 g/mol. The molecule has 0 unspecified atom stereocenters. The minimum absolute atomic E-state index is 0.0385. The van der Waals surface area contributed by atoms with E-state index in [1.807, 2.05) is 52.0 Å². The van der Waals surface area contributed by atoms with Crippen molar-refractivity contribution in [2.24, 2.45) is 0 Å². The zero-order chi connectivity index (χ0) is 19.3. The summed E-state index contributed by atoms with van der Waals surface area (Å²) in [6, 6.07) is 5.81. The van der Waals surface area contributed by atoms with E-state index in [-0.39, 0.29) is 11.4 Å². The lowest BCUT2D eigenvalue weighted by Crippen LogP contribution is -2.27. The highest BCUT2D eigenvalue weighted by Crippen LogP contribution is 2.42. The molecule has 1 aliphatic heterocycles. The van der Waals surface area contributed by atoms with Gasteiger partial charge in [0.15, 0.2) is 12.0 Å². The number of rotatable bonds is 3.